The van der Waals surface area contributed by atoms with Gasteiger partial charge in [-0.15, -0.1) is 0 Å². The van der Waals surface area contributed by atoms with Gasteiger partial charge in [-0.2, -0.15) is 18.3 Å². The second kappa shape index (κ2) is 8.76. The fourth-order valence-corrected chi connectivity index (χ4v) is 3.73. The number of carbonyl (C=O) groups is 1. The van der Waals surface area contributed by atoms with Crippen LogP contribution in [0, 0.1) is 0 Å². The number of aromatic nitrogens is 2. The van der Waals surface area contributed by atoms with Gasteiger partial charge in [-0.25, -0.2) is 18.2 Å². The number of nitrogens with one attached hydrogen (secondary N) is 1. The second-order valence-electron chi connectivity index (χ2n) is 7.26. The van der Waals surface area contributed by atoms with Gasteiger partial charge in [0.2, 0.25) is 10.0 Å². The molecule has 0 atom stereocenters. The summed E-state index contributed by atoms with van der Waals surface area (Å²) in [5.74, 6) is -0.628. The standard InChI is InChI=1S/C23H17F3N4O3S/c24-23(25,26)16-6-8-17(9-7-16)28-22(31)20-14-21(15-4-2-1-3-5-15)30(29-20)18-10-12-19(13-11-18)34(27,32)33/h1-14H,(H,28,31)(H2,27,32,33). The third-order valence-electron chi connectivity index (χ3n) is 4.89. The number of anilines is 1. The van der Waals surface area contributed by atoms with Crippen molar-refractivity contribution in [1.82, 2.24) is 9.78 Å². The minimum atomic E-state index is -4.48. The molecule has 4 aromatic rings. The molecule has 0 saturated heterocycles. The summed E-state index contributed by atoms with van der Waals surface area (Å²) in [6.07, 6.45) is -4.48. The number of rotatable bonds is 5. The van der Waals surface area contributed by atoms with Gasteiger partial charge in [0.25, 0.3) is 5.91 Å². The Morgan fingerprint density at radius 1 is 0.912 bits per heavy atom. The van der Waals surface area contributed by atoms with Crippen molar-refractivity contribution in [3.63, 3.8) is 0 Å². The Labute approximate surface area is 192 Å². The van der Waals surface area contributed by atoms with Crippen molar-refractivity contribution >= 4 is 21.6 Å². The average molecular weight is 486 g/mol. The van der Waals surface area contributed by atoms with E-state index in [0.717, 1.165) is 29.8 Å². The van der Waals surface area contributed by atoms with E-state index in [1.54, 1.807) is 12.1 Å². The largest absolute Gasteiger partial charge is 0.416 e. The zero-order valence-corrected chi connectivity index (χ0v) is 18.1. The normalized spacial score (nSPS) is 11.9. The molecule has 34 heavy (non-hydrogen) atoms. The molecule has 0 saturated carbocycles. The molecule has 0 aliphatic heterocycles. The molecule has 0 aliphatic carbocycles. The lowest BCUT2D eigenvalue weighted by Gasteiger charge is -2.08. The van der Waals surface area contributed by atoms with Crippen molar-refractivity contribution in [2.24, 2.45) is 5.14 Å². The molecule has 11 heteroatoms. The summed E-state index contributed by atoms with van der Waals surface area (Å²) >= 11 is 0. The highest BCUT2D eigenvalue weighted by Crippen LogP contribution is 2.30. The molecule has 4 rings (SSSR count). The Morgan fingerprint density at radius 3 is 2.09 bits per heavy atom. The summed E-state index contributed by atoms with van der Waals surface area (Å²) in [6, 6.07) is 20.3. The van der Waals surface area contributed by atoms with Gasteiger partial charge in [-0.05, 0) is 54.6 Å². The number of nitrogens with two attached hydrogens (primary N) is 1. The third kappa shape index (κ3) is 5.00. The van der Waals surface area contributed by atoms with Gasteiger partial charge in [-0.3, -0.25) is 4.79 Å². The van der Waals surface area contributed by atoms with Gasteiger partial charge in [0.1, 0.15) is 0 Å². The Hall–Kier alpha value is -3.96. The Kier molecular flexibility index (Phi) is 5.98. The van der Waals surface area contributed by atoms with E-state index in [1.807, 2.05) is 18.2 Å². The van der Waals surface area contributed by atoms with Crippen LogP contribution in [-0.4, -0.2) is 24.1 Å². The number of carbonyl (C=O) groups excluding carboxylic acids is 1. The number of hydrogen-bond donors (Lipinski definition) is 2. The maximum Gasteiger partial charge on any atom is 0.416 e. The number of halogens is 3. The maximum absolute atomic E-state index is 12.8. The predicted molar refractivity (Wildman–Crippen MR) is 120 cm³/mol. The average Bonchev–Trinajstić information content (AvgIpc) is 3.25. The molecule has 0 bridgehead atoms. The van der Waals surface area contributed by atoms with E-state index in [4.69, 9.17) is 5.14 Å². The number of hydrogen-bond acceptors (Lipinski definition) is 4. The first-order valence-electron chi connectivity index (χ1n) is 9.80. The lowest BCUT2D eigenvalue weighted by molar-refractivity contribution is -0.137. The van der Waals surface area contributed by atoms with Crippen molar-refractivity contribution in [1.29, 1.82) is 0 Å². The number of sulfonamides is 1. The van der Waals surface area contributed by atoms with E-state index in [2.05, 4.69) is 10.4 Å². The summed E-state index contributed by atoms with van der Waals surface area (Å²) in [6.45, 7) is 0. The first kappa shape index (κ1) is 23.2. The number of alkyl halides is 3. The fourth-order valence-electron chi connectivity index (χ4n) is 3.22. The van der Waals surface area contributed by atoms with E-state index in [1.165, 1.54) is 35.0 Å². The molecule has 0 aliphatic rings. The Bertz CT molecular complexity index is 1430. The highest BCUT2D eigenvalue weighted by atomic mass is 32.2. The third-order valence-corrected chi connectivity index (χ3v) is 5.82. The zero-order valence-electron chi connectivity index (χ0n) is 17.3. The van der Waals surface area contributed by atoms with E-state index in [-0.39, 0.29) is 16.3 Å². The molecule has 0 radical (unpaired) electrons. The van der Waals surface area contributed by atoms with E-state index in [0.29, 0.717) is 11.4 Å². The molecule has 0 unspecified atom stereocenters. The maximum atomic E-state index is 12.8. The van der Waals surface area contributed by atoms with E-state index in [9.17, 15) is 26.4 Å². The molecule has 0 fully saturated rings. The molecule has 7 nitrogen and oxygen atoms in total. The van der Waals surface area contributed by atoms with Gasteiger partial charge in [0, 0.05) is 11.3 Å². The number of nitrogens with zero attached hydrogens (tertiary/aromatic N) is 2. The number of benzene rings is 3. The summed E-state index contributed by atoms with van der Waals surface area (Å²) in [5.41, 5.74) is 1.10. The van der Waals surface area contributed by atoms with Gasteiger partial charge in [-0.1, -0.05) is 30.3 Å². The molecule has 3 aromatic carbocycles. The van der Waals surface area contributed by atoms with Crippen LogP contribution in [0.1, 0.15) is 16.1 Å². The van der Waals surface area contributed by atoms with Gasteiger partial charge in [0.05, 0.1) is 21.8 Å². The number of amides is 1. The Balaban J connectivity index is 1.69. The van der Waals surface area contributed by atoms with Crippen LogP contribution in [0.15, 0.2) is 89.8 Å². The van der Waals surface area contributed by atoms with Crippen LogP contribution >= 0.6 is 0 Å². The van der Waals surface area contributed by atoms with Crippen LogP contribution in [0.5, 0.6) is 0 Å². The van der Waals surface area contributed by atoms with Crippen LogP contribution in [0.25, 0.3) is 16.9 Å². The lowest BCUT2D eigenvalue weighted by Crippen LogP contribution is -2.14. The molecule has 3 N–H and O–H groups in total. The van der Waals surface area contributed by atoms with Crippen molar-refractivity contribution in [2.75, 3.05) is 5.32 Å². The van der Waals surface area contributed by atoms with Crippen LogP contribution in [0.2, 0.25) is 0 Å². The molecule has 1 aromatic heterocycles. The van der Waals surface area contributed by atoms with Crippen LogP contribution in [-0.2, 0) is 16.2 Å². The van der Waals surface area contributed by atoms with Crippen molar-refractivity contribution < 1.29 is 26.4 Å². The zero-order chi connectivity index (χ0) is 24.5. The summed E-state index contributed by atoms with van der Waals surface area (Å²) in [5, 5.41) is 12.0. The highest BCUT2D eigenvalue weighted by molar-refractivity contribution is 7.89. The monoisotopic (exact) mass is 486 g/mol. The lowest BCUT2D eigenvalue weighted by atomic mass is 10.1. The van der Waals surface area contributed by atoms with Crippen LogP contribution in [0.3, 0.4) is 0 Å². The van der Waals surface area contributed by atoms with Gasteiger partial charge in [0.15, 0.2) is 5.69 Å². The van der Waals surface area contributed by atoms with E-state index >= 15 is 0 Å². The summed E-state index contributed by atoms with van der Waals surface area (Å²) < 4.78 is 62.9. The minimum absolute atomic E-state index is 0.00859. The first-order valence-corrected chi connectivity index (χ1v) is 11.3. The van der Waals surface area contributed by atoms with Gasteiger partial charge >= 0.3 is 6.18 Å². The molecule has 1 heterocycles. The van der Waals surface area contributed by atoms with Crippen molar-refractivity contribution in [3.8, 4) is 16.9 Å². The molecule has 1 amide bonds. The molecular formula is C23H17F3N4O3S. The summed E-state index contributed by atoms with van der Waals surface area (Å²) in [7, 11) is -3.88. The van der Waals surface area contributed by atoms with Gasteiger partial charge < -0.3 is 5.32 Å². The minimum Gasteiger partial charge on any atom is -0.321 e. The van der Waals surface area contributed by atoms with Crippen molar-refractivity contribution in [3.05, 3.63) is 96.2 Å². The predicted octanol–water partition coefficient (Wildman–Crippen LogP) is 4.46. The molecule has 174 valence electrons. The summed E-state index contributed by atoms with van der Waals surface area (Å²) in [4.78, 5) is 12.7. The number of primary sulfonamides is 1. The molecular weight excluding hydrogens is 469 g/mol. The quantitative estimate of drug-likeness (QED) is 0.434. The van der Waals surface area contributed by atoms with Crippen LogP contribution < -0.4 is 10.5 Å². The first-order chi connectivity index (χ1) is 16.0. The van der Waals surface area contributed by atoms with Crippen molar-refractivity contribution in [2.45, 2.75) is 11.1 Å². The van der Waals surface area contributed by atoms with E-state index < -0.39 is 27.7 Å². The smallest absolute Gasteiger partial charge is 0.321 e. The topological polar surface area (TPSA) is 107 Å². The SMILES string of the molecule is NS(=O)(=O)c1ccc(-n2nc(C(=O)Nc3ccc(C(F)(F)F)cc3)cc2-c2ccccc2)cc1. The molecule has 0 spiro atoms. The second-order valence-corrected chi connectivity index (χ2v) is 8.82. The Morgan fingerprint density at radius 2 is 1.53 bits per heavy atom. The highest BCUT2D eigenvalue weighted by Gasteiger charge is 2.30. The fraction of sp³-hybridized carbons (Fsp3) is 0.0435. The van der Waals surface area contributed by atoms with Crippen LogP contribution in [0.4, 0.5) is 18.9 Å².